The minimum absolute atomic E-state index is 0.175. The molecule has 7 heteroatoms. The van der Waals surface area contributed by atoms with Crippen LogP contribution in [0.15, 0.2) is 59.8 Å². The summed E-state index contributed by atoms with van der Waals surface area (Å²) in [6.45, 7) is 1.78. The Morgan fingerprint density at radius 2 is 2.04 bits per heavy atom. The van der Waals surface area contributed by atoms with Crippen LogP contribution in [0.2, 0.25) is 0 Å². The van der Waals surface area contributed by atoms with E-state index in [9.17, 15) is 4.79 Å². The molecule has 0 aliphatic heterocycles. The number of thioether (sulfide) groups is 1. The molecule has 2 N–H and O–H groups in total. The highest BCUT2D eigenvalue weighted by Gasteiger charge is 2.17. The second-order valence-corrected chi connectivity index (χ2v) is 6.58. The number of nitriles is 1. The number of anilines is 1. The Kier molecular flexibility index (Phi) is 5.11. The first kappa shape index (κ1) is 16.7. The molecule has 6 nitrogen and oxygen atoms in total. The second kappa shape index (κ2) is 7.64. The van der Waals surface area contributed by atoms with Crippen molar-refractivity contribution < 1.29 is 4.79 Å². The van der Waals surface area contributed by atoms with E-state index < -0.39 is 0 Å². The molecule has 2 aromatic carbocycles. The lowest BCUT2D eigenvalue weighted by Gasteiger charge is -2.10. The summed E-state index contributed by atoms with van der Waals surface area (Å²) in [6.07, 6.45) is 0. The molecule has 0 bridgehead atoms. The third-order valence-electron chi connectivity index (χ3n) is 3.42. The maximum Gasteiger partial charge on any atom is 0.237 e. The number of rotatable bonds is 5. The topological polar surface area (TPSA) is 94.5 Å². The van der Waals surface area contributed by atoms with Crippen LogP contribution in [0.3, 0.4) is 0 Å². The number of carbonyl (C=O) groups is 1. The van der Waals surface area contributed by atoms with E-state index in [-0.39, 0.29) is 11.2 Å². The second-order valence-electron chi connectivity index (χ2n) is 5.27. The minimum Gasteiger partial charge on any atom is -0.325 e. The lowest BCUT2D eigenvalue weighted by Crippen LogP contribution is -2.22. The zero-order valence-electron chi connectivity index (χ0n) is 13.4. The van der Waals surface area contributed by atoms with Crippen LogP contribution in [0.4, 0.5) is 5.69 Å². The van der Waals surface area contributed by atoms with Gasteiger partial charge in [0, 0.05) is 11.3 Å². The molecule has 25 heavy (non-hydrogen) atoms. The number of amides is 1. The number of aromatic amines is 1. The van der Waals surface area contributed by atoms with E-state index in [4.69, 9.17) is 5.26 Å². The maximum atomic E-state index is 12.3. The Morgan fingerprint density at radius 3 is 2.80 bits per heavy atom. The van der Waals surface area contributed by atoms with Crippen molar-refractivity contribution in [3.63, 3.8) is 0 Å². The fourth-order valence-corrected chi connectivity index (χ4v) is 2.87. The van der Waals surface area contributed by atoms with Gasteiger partial charge in [-0.2, -0.15) is 5.26 Å². The zero-order valence-corrected chi connectivity index (χ0v) is 14.2. The number of aromatic nitrogens is 3. The summed E-state index contributed by atoms with van der Waals surface area (Å²) in [5, 5.41) is 18.9. The van der Waals surface area contributed by atoms with E-state index in [1.54, 1.807) is 31.2 Å². The van der Waals surface area contributed by atoms with Gasteiger partial charge in [-0.25, -0.2) is 4.98 Å². The van der Waals surface area contributed by atoms with Gasteiger partial charge in [0.2, 0.25) is 11.1 Å². The molecular weight excluding hydrogens is 334 g/mol. The highest BCUT2D eigenvalue weighted by Crippen LogP contribution is 2.23. The highest BCUT2D eigenvalue weighted by molar-refractivity contribution is 8.00. The van der Waals surface area contributed by atoms with Crippen LogP contribution in [0.1, 0.15) is 12.5 Å². The van der Waals surface area contributed by atoms with Gasteiger partial charge in [-0.15, -0.1) is 5.10 Å². The molecule has 1 aromatic heterocycles. The molecule has 124 valence electrons. The smallest absolute Gasteiger partial charge is 0.237 e. The largest absolute Gasteiger partial charge is 0.325 e. The van der Waals surface area contributed by atoms with Gasteiger partial charge in [-0.3, -0.25) is 9.89 Å². The SMILES string of the molecule is C[C@H](Sc1n[nH]c(-c2ccccc2)n1)C(=O)Nc1cccc(C#N)c1. The lowest BCUT2D eigenvalue weighted by molar-refractivity contribution is -0.115. The molecular formula is C18H15N5OS. The molecule has 0 aliphatic carbocycles. The number of benzene rings is 2. The Hall–Kier alpha value is -3.11. The van der Waals surface area contributed by atoms with Gasteiger partial charge in [0.15, 0.2) is 5.82 Å². The molecule has 0 radical (unpaired) electrons. The standard InChI is InChI=1S/C18H15N5OS/c1-12(17(24)20-15-9-5-6-13(10-15)11-19)25-18-21-16(22-23-18)14-7-3-2-4-8-14/h2-10,12H,1H3,(H,20,24)(H,21,22,23)/t12-/m0/s1. The van der Waals surface area contributed by atoms with E-state index in [1.165, 1.54) is 11.8 Å². The maximum absolute atomic E-state index is 12.3. The van der Waals surface area contributed by atoms with Crippen LogP contribution in [0, 0.1) is 11.3 Å². The highest BCUT2D eigenvalue weighted by atomic mass is 32.2. The average Bonchev–Trinajstić information content (AvgIpc) is 3.11. The number of hydrogen-bond acceptors (Lipinski definition) is 5. The van der Waals surface area contributed by atoms with Crippen molar-refractivity contribution in [2.45, 2.75) is 17.3 Å². The van der Waals surface area contributed by atoms with E-state index in [2.05, 4.69) is 20.5 Å². The Balaban J connectivity index is 1.64. The van der Waals surface area contributed by atoms with Gasteiger partial charge in [-0.05, 0) is 25.1 Å². The molecule has 0 saturated carbocycles. The monoisotopic (exact) mass is 349 g/mol. The molecule has 0 saturated heterocycles. The first-order valence-electron chi connectivity index (χ1n) is 7.61. The summed E-state index contributed by atoms with van der Waals surface area (Å²) in [4.78, 5) is 16.7. The Morgan fingerprint density at radius 1 is 1.24 bits per heavy atom. The predicted molar refractivity (Wildman–Crippen MR) is 96.9 cm³/mol. The van der Waals surface area contributed by atoms with Gasteiger partial charge < -0.3 is 5.32 Å². The number of nitrogens with one attached hydrogen (secondary N) is 2. The van der Waals surface area contributed by atoms with Crippen molar-refractivity contribution in [3.8, 4) is 17.5 Å². The summed E-state index contributed by atoms with van der Waals surface area (Å²) < 4.78 is 0. The molecule has 0 spiro atoms. The number of H-pyrrole nitrogens is 1. The number of nitrogens with zero attached hydrogens (tertiary/aromatic N) is 3. The van der Waals surface area contributed by atoms with Crippen molar-refractivity contribution >= 4 is 23.4 Å². The van der Waals surface area contributed by atoms with Gasteiger partial charge in [0.25, 0.3) is 0 Å². The van der Waals surface area contributed by atoms with Crippen LogP contribution in [0.5, 0.6) is 0 Å². The zero-order chi connectivity index (χ0) is 17.6. The Bertz CT molecular complexity index is 916. The van der Waals surface area contributed by atoms with E-state index in [0.717, 1.165) is 5.56 Å². The van der Waals surface area contributed by atoms with Gasteiger partial charge >= 0.3 is 0 Å². The molecule has 3 rings (SSSR count). The predicted octanol–water partition coefficient (Wildman–Crippen LogP) is 3.46. The molecule has 1 atom stereocenters. The fourth-order valence-electron chi connectivity index (χ4n) is 2.15. The molecule has 0 aliphatic rings. The molecule has 1 amide bonds. The Labute approximate surface area is 149 Å². The summed E-state index contributed by atoms with van der Waals surface area (Å²) >= 11 is 1.27. The van der Waals surface area contributed by atoms with Crippen LogP contribution >= 0.6 is 11.8 Å². The molecule has 0 fully saturated rings. The van der Waals surface area contributed by atoms with Crippen LogP contribution in [-0.2, 0) is 4.79 Å². The summed E-state index contributed by atoms with van der Waals surface area (Å²) in [6, 6.07) is 18.5. The number of hydrogen-bond donors (Lipinski definition) is 2. The average molecular weight is 349 g/mol. The van der Waals surface area contributed by atoms with Crippen molar-refractivity contribution in [1.82, 2.24) is 15.2 Å². The normalized spacial score (nSPS) is 11.5. The molecule has 0 unspecified atom stereocenters. The van der Waals surface area contributed by atoms with E-state index in [1.807, 2.05) is 36.4 Å². The van der Waals surface area contributed by atoms with Crippen molar-refractivity contribution in [1.29, 1.82) is 5.26 Å². The third kappa shape index (κ3) is 4.25. The first-order chi connectivity index (χ1) is 12.2. The van der Waals surface area contributed by atoms with Crippen LogP contribution in [0.25, 0.3) is 11.4 Å². The van der Waals surface area contributed by atoms with Crippen molar-refractivity contribution in [2.24, 2.45) is 0 Å². The summed E-state index contributed by atoms with van der Waals surface area (Å²) in [7, 11) is 0. The van der Waals surface area contributed by atoms with Gasteiger partial charge in [0.1, 0.15) is 0 Å². The summed E-state index contributed by atoms with van der Waals surface area (Å²) in [5.74, 6) is 0.489. The van der Waals surface area contributed by atoms with Gasteiger partial charge in [0.05, 0.1) is 16.9 Å². The van der Waals surface area contributed by atoms with Crippen molar-refractivity contribution in [2.75, 3.05) is 5.32 Å². The summed E-state index contributed by atoms with van der Waals surface area (Å²) in [5.41, 5.74) is 2.03. The van der Waals surface area contributed by atoms with Crippen LogP contribution in [-0.4, -0.2) is 26.3 Å². The minimum atomic E-state index is -0.384. The van der Waals surface area contributed by atoms with Crippen LogP contribution < -0.4 is 5.32 Å². The molecule has 1 heterocycles. The first-order valence-corrected chi connectivity index (χ1v) is 8.49. The third-order valence-corrected chi connectivity index (χ3v) is 4.38. The number of carbonyl (C=O) groups excluding carboxylic acids is 1. The molecule has 3 aromatic rings. The quantitative estimate of drug-likeness (QED) is 0.688. The van der Waals surface area contributed by atoms with E-state index >= 15 is 0 Å². The van der Waals surface area contributed by atoms with Crippen molar-refractivity contribution in [3.05, 3.63) is 60.2 Å². The lowest BCUT2D eigenvalue weighted by atomic mass is 10.2. The fraction of sp³-hybridized carbons (Fsp3) is 0.111. The van der Waals surface area contributed by atoms with Gasteiger partial charge in [-0.1, -0.05) is 48.2 Å². The van der Waals surface area contributed by atoms with E-state index in [0.29, 0.717) is 22.2 Å².